The Kier molecular flexibility index (Phi) is 2.79. The molecule has 0 saturated carbocycles. The van der Waals surface area contributed by atoms with Crippen LogP contribution in [0, 0.1) is 6.92 Å². The summed E-state index contributed by atoms with van der Waals surface area (Å²) in [6, 6.07) is 12.6. The molecule has 15 heavy (non-hydrogen) atoms. The number of halogens is 1. The lowest BCUT2D eigenvalue weighted by Crippen LogP contribution is -1.88. The van der Waals surface area contributed by atoms with E-state index in [0.29, 0.717) is 5.88 Å². The van der Waals surface area contributed by atoms with Gasteiger partial charge in [-0.25, -0.2) is 0 Å². The van der Waals surface area contributed by atoms with Gasteiger partial charge in [-0.2, -0.15) is 0 Å². The molecule has 0 saturated heterocycles. The highest BCUT2D eigenvalue weighted by Crippen LogP contribution is 2.27. The van der Waals surface area contributed by atoms with Gasteiger partial charge in [0.05, 0.1) is 0 Å². The molecule has 0 aromatic heterocycles. The van der Waals surface area contributed by atoms with Crippen molar-refractivity contribution in [1.82, 2.24) is 0 Å². The Morgan fingerprint density at radius 1 is 1.13 bits per heavy atom. The fourth-order valence-corrected chi connectivity index (χ4v) is 1.97. The zero-order valence-electron chi connectivity index (χ0n) is 8.76. The third-order valence-electron chi connectivity index (χ3n) is 2.68. The summed E-state index contributed by atoms with van der Waals surface area (Å²) in [5.74, 6) is 0.479. The molecule has 0 bridgehead atoms. The van der Waals surface area contributed by atoms with Crippen LogP contribution in [0.5, 0.6) is 0 Å². The van der Waals surface area contributed by atoms with E-state index in [2.05, 4.69) is 43.8 Å². The first-order valence-electron chi connectivity index (χ1n) is 4.96. The van der Waals surface area contributed by atoms with Crippen molar-refractivity contribution in [2.45, 2.75) is 6.92 Å². The van der Waals surface area contributed by atoms with E-state index in [9.17, 15) is 0 Å². The van der Waals surface area contributed by atoms with Crippen molar-refractivity contribution in [1.29, 1.82) is 0 Å². The van der Waals surface area contributed by atoms with Crippen LogP contribution in [0.3, 0.4) is 0 Å². The van der Waals surface area contributed by atoms with E-state index in [0.717, 1.165) is 11.1 Å². The molecule has 2 rings (SSSR count). The number of hydrogen-bond acceptors (Lipinski definition) is 0. The average Bonchev–Trinajstić information content (AvgIpc) is 2.29. The fraction of sp³-hybridized carbons (Fsp3) is 0.143. The topological polar surface area (TPSA) is 0 Å². The van der Waals surface area contributed by atoms with Gasteiger partial charge >= 0.3 is 0 Å². The van der Waals surface area contributed by atoms with Crippen molar-refractivity contribution in [2.24, 2.45) is 0 Å². The molecule has 0 nitrogen and oxygen atoms in total. The molecule has 0 atom stereocenters. The van der Waals surface area contributed by atoms with Crippen LogP contribution < -0.4 is 0 Å². The van der Waals surface area contributed by atoms with Gasteiger partial charge in [-0.3, -0.25) is 0 Å². The maximum Gasteiger partial charge on any atom is 0.0474 e. The molecule has 2 aromatic rings. The summed E-state index contributed by atoms with van der Waals surface area (Å²) < 4.78 is 0. The molecular weight excluding hydrogens is 204 g/mol. The van der Waals surface area contributed by atoms with Gasteiger partial charge in [-0.15, -0.1) is 11.6 Å². The number of rotatable bonds is 2. The van der Waals surface area contributed by atoms with Crippen molar-refractivity contribution in [3.8, 4) is 0 Å². The smallest absolute Gasteiger partial charge is 0.0474 e. The zero-order valence-corrected chi connectivity index (χ0v) is 9.51. The predicted molar refractivity (Wildman–Crippen MR) is 68.4 cm³/mol. The lowest BCUT2D eigenvalue weighted by molar-refractivity contribution is 1.51. The lowest BCUT2D eigenvalue weighted by Gasteiger charge is -2.09. The molecule has 0 heterocycles. The lowest BCUT2D eigenvalue weighted by atomic mass is 9.97. The van der Waals surface area contributed by atoms with Crippen molar-refractivity contribution in [3.05, 3.63) is 54.1 Å². The second kappa shape index (κ2) is 4.08. The van der Waals surface area contributed by atoms with E-state index < -0.39 is 0 Å². The second-order valence-corrected chi connectivity index (χ2v) is 3.98. The highest BCUT2D eigenvalue weighted by molar-refractivity contribution is 6.23. The summed E-state index contributed by atoms with van der Waals surface area (Å²) in [6.45, 7) is 6.11. The summed E-state index contributed by atoms with van der Waals surface area (Å²) in [5.41, 5.74) is 3.43. The fourth-order valence-electron chi connectivity index (χ4n) is 1.83. The number of allylic oxidation sites excluding steroid dienone is 1. The van der Waals surface area contributed by atoms with Crippen LogP contribution in [-0.4, -0.2) is 5.88 Å². The molecular formula is C14H13Cl. The van der Waals surface area contributed by atoms with Gasteiger partial charge in [0.15, 0.2) is 0 Å². The minimum absolute atomic E-state index is 0.479. The van der Waals surface area contributed by atoms with E-state index in [1.807, 2.05) is 6.07 Å². The predicted octanol–water partition coefficient (Wildman–Crippen LogP) is 4.40. The van der Waals surface area contributed by atoms with Gasteiger partial charge in [-0.1, -0.05) is 43.0 Å². The first-order chi connectivity index (χ1) is 7.24. The number of hydrogen-bond donors (Lipinski definition) is 0. The highest BCUT2D eigenvalue weighted by Gasteiger charge is 2.04. The molecule has 0 unspecified atom stereocenters. The second-order valence-electron chi connectivity index (χ2n) is 3.71. The molecule has 0 N–H and O–H groups in total. The minimum Gasteiger partial charge on any atom is -0.122 e. The first kappa shape index (κ1) is 10.3. The average molecular weight is 217 g/mol. The normalized spacial score (nSPS) is 10.5. The summed E-state index contributed by atoms with van der Waals surface area (Å²) >= 11 is 5.83. The molecule has 76 valence electrons. The molecule has 0 radical (unpaired) electrons. The Bertz CT molecular complexity index is 512. The van der Waals surface area contributed by atoms with Gasteiger partial charge < -0.3 is 0 Å². The van der Waals surface area contributed by atoms with Gasteiger partial charge in [0.1, 0.15) is 0 Å². The van der Waals surface area contributed by atoms with Gasteiger partial charge in [-0.05, 0) is 34.4 Å². The number of alkyl halides is 1. The maximum atomic E-state index is 5.83. The van der Waals surface area contributed by atoms with Crippen LogP contribution in [0.1, 0.15) is 11.1 Å². The van der Waals surface area contributed by atoms with Crippen LogP contribution in [-0.2, 0) is 0 Å². The SMILES string of the molecule is C=C(CCl)c1ccc(C)c2ccccc12. The third-order valence-corrected chi connectivity index (χ3v) is 3.01. The van der Waals surface area contributed by atoms with Crippen molar-refractivity contribution >= 4 is 27.9 Å². The molecule has 2 aromatic carbocycles. The standard InChI is InChI=1S/C14H13Cl/c1-10-7-8-13(11(2)9-15)14-6-4-3-5-12(10)14/h3-8H,2,9H2,1H3. The Morgan fingerprint density at radius 2 is 1.80 bits per heavy atom. The van der Waals surface area contributed by atoms with Crippen LogP contribution in [0.25, 0.3) is 16.3 Å². The van der Waals surface area contributed by atoms with E-state index >= 15 is 0 Å². The molecule has 0 amide bonds. The Labute approximate surface area is 95.2 Å². The van der Waals surface area contributed by atoms with Crippen molar-refractivity contribution in [3.63, 3.8) is 0 Å². The van der Waals surface area contributed by atoms with Crippen molar-refractivity contribution in [2.75, 3.05) is 5.88 Å². The highest BCUT2D eigenvalue weighted by atomic mass is 35.5. The maximum absolute atomic E-state index is 5.83. The summed E-state index contributed by atoms with van der Waals surface area (Å²) in [5, 5.41) is 2.52. The van der Waals surface area contributed by atoms with Gasteiger partial charge in [0.2, 0.25) is 0 Å². The molecule has 0 aliphatic carbocycles. The molecule has 0 fully saturated rings. The Balaban J connectivity index is 2.77. The number of fused-ring (bicyclic) bond motifs is 1. The van der Waals surface area contributed by atoms with Crippen LogP contribution in [0.4, 0.5) is 0 Å². The Hall–Kier alpha value is -1.27. The van der Waals surface area contributed by atoms with Crippen LogP contribution in [0.15, 0.2) is 43.0 Å². The molecule has 1 heteroatoms. The monoisotopic (exact) mass is 216 g/mol. The third kappa shape index (κ3) is 1.78. The quantitative estimate of drug-likeness (QED) is 0.653. The largest absolute Gasteiger partial charge is 0.122 e. The minimum atomic E-state index is 0.479. The van der Waals surface area contributed by atoms with E-state index in [-0.39, 0.29) is 0 Å². The summed E-state index contributed by atoms with van der Waals surface area (Å²) in [7, 11) is 0. The van der Waals surface area contributed by atoms with Crippen molar-refractivity contribution < 1.29 is 0 Å². The van der Waals surface area contributed by atoms with E-state index in [1.165, 1.54) is 16.3 Å². The van der Waals surface area contributed by atoms with E-state index in [4.69, 9.17) is 11.6 Å². The van der Waals surface area contributed by atoms with Crippen LogP contribution in [0.2, 0.25) is 0 Å². The summed E-state index contributed by atoms with van der Waals surface area (Å²) in [6.07, 6.45) is 0. The van der Waals surface area contributed by atoms with Gasteiger partial charge in [0, 0.05) is 5.88 Å². The van der Waals surface area contributed by atoms with Gasteiger partial charge in [0.25, 0.3) is 0 Å². The number of benzene rings is 2. The number of aryl methyl sites for hydroxylation is 1. The molecule has 0 spiro atoms. The van der Waals surface area contributed by atoms with Crippen LogP contribution >= 0.6 is 11.6 Å². The zero-order chi connectivity index (χ0) is 10.8. The molecule has 0 aliphatic rings. The first-order valence-corrected chi connectivity index (χ1v) is 5.50. The molecule has 0 aliphatic heterocycles. The van der Waals surface area contributed by atoms with E-state index in [1.54, 1.807) is 0 Å². The Morgan fingerprint density at radius 3 is 2.47 bits per heavy atom. The summed E-state index contributed by atoms with van der Waals surface area (Å²) in [4.78, 5) is 0.